The van der Waals surface area contributed by atoms with Crippen molar-refractivity contribution in [2.75, 3.05) is 0 Å². The summed E-state index contributed by atoms with van der Waals surface area (Å²) >= 11 is 2.25. The second-order valence-corrected chi connectivity index (χ2v) is 4.14. The lowest BCUT2D eigenvalue weighted by molar-refractivity contribution is -0.443. The Morgan fingerprint density at radius 1 is 1.33 bits per heavy atom. The number of hydrogen-bond donors (Lipinski definition) is 2. The van der Waals surface area contributed by atoms with E-state index in [-0.39, 0.29) is 12.1 Å². The first-order valence-electron chi connectivity index (χ1n) is 3.88. The third-order valence-electron chi connectivity index (χ3n) is 1.88. The maximum atomic E-state index is 9.28. The number of quaternary nitrogens is 1. The van der Waals surface area contributed by atoms with E-state index in [1.54, 1.807) is 6.92 Å². The average molecular weight is 278 g/mol. The maximum Gasteiger partial charge on any atom is 0.136 e. The third-order valence-corrected chi connectivity index (χ3v) is 2.60. The van der Waals surface area contributed by atoms with E-state index in [1.807, 2.05) is 24.3 Å². The minimum absolute atomic E-state index is 0.0259. The highest BCUT2D eigenvalue weighted by molar-refractivity contribution is 14.1. The normalized spacial score (nSPS) is 15.7. The Kier molecular flexibility index (Phi) is 3.49. The molecule has 2 atom stereocenters. The van der Waals surface area contributed by atoms with Gasteiger partial charge < -0.3 is 10.8 Å². The summed E-state index contributed by atoms with van der Waals surface area (Å²) in [4.78, 5) is 0. The van der Waals surface area contributed by atoms with Crippen molar-refractivity contribution in [3.05, 3.63) is 33.4 Å². The van der Waals surface area contributed by atoms with Gasteiger partial charge >= 0.3 is 0 Å². The van der Waals surface area contributed by atoms with Crippen LogP contribution < -0.4 is 5.73 Å². The van der Waals surface area contributed by atoms with Crippen molar-refractivity contribution in [2.45, 2.75) is 19.1 Å². The summed E-state index contributed by atoms with van der Waals surface area (Å²) in [7, 11) is 0. The molecule has 2 unspecified atom stereocenters. The van der Waals surface area contributed by atoms with Crippen LogP contribution in [-0.2, 0) is 0 Å². The summed E-state index contributed by atoms with van der Waals surface area (Å²) in [5, 5.41) is 9.28. The monoisotopic (exact) mass is 278 g/mol. The second kappa shape index (κ2) is 4.20. The maximum absolute atomic E-state index is 9.28. The molecule has 0 heterocycles. The number of aliphatic hydroxyl groups is 1. The van der Waals surface area contributed by atoms with E-state index >= 15 is 0 Å². The summed E-state index contributed by atoms with van der Waals surface area (Å²) in [6, 6.07) is 8.03. The van der Waals surface area contributed by atoms with Crippen LogP contribution in [0.25, 0.3) is 0 Å². The third kappa shape index (κ3) is 2.43. The topological polar surface area (TPSA) is 47.9 Å². The Hall–Kier alpha value is -0.130. The van der Waals surface area contributed by atoms with Crippen LogP contribution in [0.5, 0.6) is 0 Å². The van der Waals surface area contributed by atoms with Crippen LogP contribution in [0, 0.1) is 3.57 Å². The van der Waals surface area contributed by atoms with Gasteiger partial charge in [0.1, 0.15) is 12.1 Å². The van der Waals surface area contributed by atoms with Gasteiger partial charge in [-0.25, -0.2) is 0 Å². The Balaban J connectivity index is 2.82. The molecular weight excluding hydrogens is 265 g/mol. The molecule has 1 rings (SSSR count). The van der Waals surface area contributed by atoms with Gasteiger partial charge in [0.05, 0.1) is 0 Å². The van der Waals surface area contributed by atoms with Crippen LogP contribution >= 0.6 is 22.6 Å². The first kappa shape index (κ1) is 9.95. The molecule has 4 N–H and O–H groups in total. The zero-order valence-electron chi connectivity index (χ0n) is 7.00. The zero-order chi connectivity index (χ0) is 9.14. The van der Waals surface area contributed by atoms with Gasteiger partial charge in [-0.05, 0) is 41.6 Å². The highest BCUT2D eigenvalue weighted by Crippen LogP contribution is 2.13. The van der Waals surface area contributed by atoms with E-state index in [9.17, 15) is 5.11 Å². The molecular formula is C9H13INO+. The molecule has 0 aliphatic rings. The number of aliphatic hydroxyl groups excluding tert-OH is 1. The van der Waals surface area contributed by atoms with E-state index in [0.717, 1.165) is 5.56 Å². The van der Waals surface area contributed by atoms with E-state index in [2.05, 4.69) is 28.3 Å². The Labute approximate surface area is 85.9 Å². The zero-order valence-corrected chi connectivity index (χ0v) is 9.15. The fraction of sp³-hybridized carbons (Fsp3) is 0.333. The van der Waals surface area contributed by atoms with Crippen molar-refractivity contribution < 1.29 is 10.8 Å². The fourth-order valence-corrected chi connectivity index (χ4v) is 1.35. The number of hydrogen-bond acceptors (Lipinski definition) is 1. The molecule has 0 fully saturated rings. The molecule has 2 nitrogen and oxygen atoms in total. The van der Waals surface area contributed by atoms with Gasteiger partial charge in [-0.1, -0.05) is 12.1 Å². The summed E-state index contributed by atoms with van der Waals surface area (Å²) in [6.45, 7) is 1.76. The predicted octanol–water partition coefficient (Wildman–Crippen LogP) is 0.955. The molecule has 0 spiro atoms. The van der Waals surface area contributed by atoms with Crippen molar-refractivity contribution in [3.8, 4) is 0 Å². The highest BCUT2D eigenvalue weighted by atomic mass is 127. The molecule has 66 valence electrons. The molecule has 0 aromatic heterocycles. The summed E-state index contributed by atoms with van der Waals surface area (Å²) < 4.78 is 1.20. The van der Waals surface area contributed by atoms with Crippen molar-refractivity contribution in [1.29, 1.82) is 0 Å². The van der Waals surface area contributed by atoms with Gasteiger partial charge in [0, 0.05) is 9.13 Å². The van der Waals surface area contributed by atoms with Crippen molar-refractivity contribution in [1.82, 2.24) is 0 Å². The van der Waals surface area contributed by atoms with E-state index in [4.69, 9.17) is 0 Å². The quantitative estimate of drug-likeness (QED) is 0.778. The molecule has 0 saturated heterocycles. The molecule has 0 aliphatic carbocycles. The van der Waals surface area contributed by atoms with Gasteiger partial charge in [0.2, 0.25) is 0 Å². The Morgan fingerprint density at radius 2 is 1.83 bits per heavy atom. The van der Waals surface area contributed by atoms with Gasteiger partial charge in [-0.15, -0.1) is 0 Å². The molecule has 1 aromatic rings. The lowest BCUT2D eigenvalue weighted by Crippen LogP contribution is -2.58. The summed E-state index contributed by atoms with van der Waals surface area (Å²) in [5.41, 5.74) is 4.97. The van der Waals surface area contributed by atoms with Crippen LogP contribution in [-0.4, -0.2) is 11.2 Å². The van der Waals surface area contributed by atoms with Gasteiger partial charge in [0.25, 0.3) is 0 Å². The number of halogens is 1. The van der Waals surface area contributed by atoms with Crippen LogP contribution in [0.3, 0.4) is 0 Å². The molecule has 0 bridgehead atoms. The first-order valence-corrected chi connectivity index (χ1v) is 4.95. The highest BCUT2D eigenvalue weighted by Gasteiger charge is 2.14. The lowest BCUT2D eigenvalue weighted by atomic mass is 10.0. The van der Waals surface area contributed by atoms with Crippen LogP contribution in [0.1, 0.15) is 18.5 Å². The van der Waals surface area contributed by atoms with Gasteiger partial charge in [-0.3, -0.25) is 0 Å². The van der Waals surface area contributed by atoms with Crippen LogP contribution in [0.4, 0.5) is 0 Å². The van der Waals surface area contributed by atoms with E-state index in [1.165, 1.54) is 3.57 Å². The van der Waals surface area contributed by atoms with Gasteiger partial charge in [0.15, 0.2) is 0 Å². The molecule has 0 radical (unpaired) electrons. The van der Waals surface area contributed by atoms with Crippen LogP contribution in [0.2, 0.25) is 0 Å². The standard InChI is InChI=1S/C9H12INO/c1-6(12)9(11)7-2-4-8(10)5-3-7/h2-6,9,12H,11H2,1H3/p+1. The minimum Gasteiger partial charge on any atom is -0.387 e. The SMILES string of the molecule is CC(O)C([NH3+])c1ccc(I)cc1. The predicted molar refractivity (Wildman–Crippen MR) is 56.5 cm³/mol. The molecule has 0 saturated carbocycles. The average Bonchev–Trinajstić information content (AvgIpc) is 2.04. The minimum atomic E-state index is -0.384. The largest absolute Gasteiger partial charge is 0.387 e. The van der Waals surface area contributed by atoms with Crippen molar-refractivity contribution >= 4 is 22.6 Å². The Morgan fingerprint density at radius 3 is 2.25 bits per heavy atom. The number of benzene rings is 1. The van der Waals surface area contributed by atoms with Crippen molar-refractivity contribution in [3.63, 3.8) is 0 Å². The fourth-order valence-electron chi connectivity index (χ4n) is 0.988. The summed E-state index contributed by atoms with van der Waals surface area (Å²) in [6.07, 6.45) is -0.384. The molecule has 0 amide bonds. The smallest absolute Gasteiger partial charge is 0.136 e. The second-order valence-electron chi connectivity index (χ2n) is 2.90. The van der Waals surface area contributed by atoms with E-state index in [0.29, 0.717) is 0 Å². The van der Waals surface area contributed by atoms with E-state index < -0.39 is 0 Å². The van der Waals surface area contributed by atoms with Crippen LogP contribution in [0.15, 0.2) is 24.3 Å². The van der Waals surface area contributed by atoms with Gasteiger partial charge in [-0.2, -0.15) is 0 Å². The molecule has 12 heavy (non-hydrogen) atoms. The number of rotatable bonds is 2. The Bertz CT molecular complexity index is 245. The first-order chi connectivity index (χ1) is 5.61. The summed E-state index contributed by atoms with van der Waals surface area (Å²) in [5.74, 6) is 0. The molecule has 3 heteroatoms. The molecule has 0 aliphatic heterocycles. The molecule has 1 aromatic carbocycles. The lowest BCUT2D eigenvalue weighted by Gasteiger charge is -2.11. The van der Waals surface area contributed by atoms with Crippen molar-refractivity contribution in [2.24, 2.45) is 0 Å².